The van der Waals surface area contributed by atoms with E-state index in [1.807, 2.05) is 24.4 Å². The van der Waals surface area contributed by atoms with Gasteiger partial charge in [-0.25, -0.2) is 9.37 Å². The lowest BCUT2D eigenvalue weighted by Crippen LogP contribution is -2.41. The molecular weight excluding hydrogens is 407 g/mol. The zero-order valence-electron chi connectivity index (χ0n) is 18.5. The van der Waals surface area contributed by atoms with E-state index in [9.17, 15) is 4.39 Å². The van der Waals surface area contributed by atoms with Crippen molar-refractivity contribution in [2.75, 3.05) is 29.9 Å². The standard InChI is InChI=1S/C25H33FN4S/c1-18-13-19(2)16-30(15-18)23-10-9-22(14-27-23)29-24(31)28-17-25(11-3-4-12-25)20-5-7-21(26)8-6-20/h5-10,14,18-19H,3-4,11-13,15-17H2,1-2H3,(H2,28,29,31). The Morgan fingerprint density at radius 2 is 1.77 bits per heavy atom. The van der Waals surface area contributed by atoms with Crippen molar-refractivity contribution in [2.24, 2.45) is 11.8 Å². The molecule has 2 aromatic rings. The highest BCUT2D eigenvalue weighted by Crippen LogP contribution is 2.40. The fourth-order valence-corrected chi connectivity index (χ4v) is 5.53. The SMILES string of the molecule is CC1CC(C)CN(c2ccc(NC(=S)NCC3(c4ccc(F)cc4)CCCC3)cn2)C1. The number of hydrogen-bond donors (Lipinski definition) is 2. The highest BCUT2D eigenvalue weighted by Gasteiger charge is 2.35. The Labute approximate surface area is 190 Å². The molecule has 31 heavy (non-hydrogen) atoms. The lowest BCUT2D eigenvalue weighted by atomic mass is 9.79. The summed E-state index contributed by atoms with van der Waals surface area (Å²) in [6.07, 6.45) is 7.72. The third kappa shape index (κ3) is 5.35. The molecule has 4 nitrogen and oxygen atoms in total. The summed E-state index contributed by atoms with van der Waals surface area (Å²) >= 11 is 5.56. The van der Waals surface area contributed by atoms with Crippen molar-refractivity contribution in [1.29, 1.82) is 0 Å². The maximum atomic E-state index is 13.4. The molecule has 0 bridgehead atoms. The van der Waals surface area contributed by atoms with E-state index in [0.717, 1.165) is 44.0 Å². The van der Waals surface area contributed by atoms with Gasteiger partial charge < -0.3 is 15.5 Å². The number of nitrogens with zero attached hydrogens (tertiary/aromatic N) is 2. The van der Waals surface area contributed by atoms with Gasteiger partial charge in [-0.05, 0) is 73.1 Å². The van der Waals surface area contributed by atoms with Gasteiger partial charge in [-0.3, -0.25) is 0 Å². The summed E-state index contributed by atoms with van der Waals surface area (Å²) in [5, 5.41) is 7.28. The van der Waals surface area contributed by atoms with Gasteiger partial charge in [0.25, 0.3) is 0 Å². The molecule has 1 saturated heterocycles. The first-order valence-corrected chi connectivity index (χ1v) is 11.9. The van der Waals surface area contributed by atoms with Gasteiger partial charge in [-0.15, -0.1) is 0 Å². The van der Waals surface area contributed by atoms with Crippen molar-refractivity contribution in [3.8, 4) is 0 Å². The summed E-state index contributed by atoms with van der Waals surface area (Å²) in [5.41, 5.74) is 2.10. The van der Waals surface area contributed by atoms with Crippen LogP contribution in [0.15, 0.2) is 42.6 Å². The van der Waals surface area contributed by atoms with Crippen molar-refractivity contribution < 1.29 is 4.39 Å². The molecule has 2 unspecified atom stereocenters. The lowest BCUT2D eigenvalue weighted by Gasteiger charge is -2.35. The number of piperidine rings is 1. The van der Waals surface area contributed by atoms with Gasteiger partial charge in [-0.1, -0.05) is 38.8 Å². The summed E-state index contributed by atoms with van der Waals surface area (Å²) in [5.74, 6) is 2.24. The molecule has 2 N–H and O–H groups in total. The highest BCUT2D eigenvalue weighted by atomic mass is 32.1. The first kappa shape index (κ1) is 22.0. The third-order valence-corrected chi connectivity index (χ3v) is 7.05. The van der Waals surface area contributed by atoms with Crippen LogP contribution in [0.1, 0.15) is 51.5 Å². The molecule has 0 spiro atoms. The molecule has 0 radical (unpaired) electrons. The van der Waals surface area contributed by atoms with E-state index in [1.54, 1.807) is 12.1 Å². The summed E-state index contributed by atoms with van der Waals surface area (Å²) in [7, 11) is 0. The van der Waals surface area contributed by atoms with E-state index in [-0.39, 0.29) is 11.2 Å². The van der Waals surface area contributed by atoms with Crippen LogP contribution in [0.5, 0.6) is 0 Å². The predicted octanol–water partition coefficient (Wildman–Crippen LogP) is 5.50. The summed E-state index contributed by atoms with van der Waals surface area (Å²) in [6, 6.07) is 11.1. The summed E-state index contributed by atoms with van der Waals surface area (Å²) in [4.78, 5) is 7.05. The molecule has 166 valence electrons. The molecule has 2 aliphatic rings. The number of thiocarbonyl (C=S) groups is 1. The molecule has 4 rings (SSSR count). The van der Waals surface area contributed by atoms with Crippen LogP contribution in [-0.4, -0.2) is 29.7 Å². The highest BCUT2D eigenvalue weighted by molar-refractivity contribution is 7.80. The zero-order chi connectivity index (χ0) is 21.8. The van der Waals surface area contributed by atoms with Crippen molar-refractivity contribution in [3.05, 3.63) is 54.0 Å². The van der Waals surface area contributed by atoms with Gasteiger partial charge >= 0.3 is 0 Å². The van der Waals surface area contributed by atoms with E-state index >= 15 is 0 Å². The fourth-order valence-electron chi connectivity index (χ4n) is 5.34. The van der Waals surface area contributed by atoms with Crippen molar-refractivity contribution in [1.82, 2.24) is 10.3 Å². The third-order valence-electron chi connectivity index (χ3n) is 6.80. The second kappa shape index (κ2) is 9.51. The number of aromatic nitrogens is 1. The first-order valence-electron chi connectivity index (χ1n) is 11.5. The Morgan fingerprint density at radius 1 is 1.10 bits per heavy atom. The van der Waals surface area contributed by atoms with E-state index < -0.39 is 0 Å². The van der Waals surface area contributed by atoms with Crippen LogP contribution in [0.2, 0.25) is 0 Å². The van der Waals surface area contributed by atoms with Crippen LogP contribution < -0.4 is 15.5 Å². The molecule has 1 aromatic heterocycles. The van der Waals surface area contributed by atoms with E-state index in [2.05, 4.69) is 40.4 Å². The Balaban J connectivity index is 1.34. The van der Waals surface area contributed by atoms with Gasteiger partial charge in [0, 0.05) is 25.0 Å². The maximum absolute atomic E-state index is 13.4. The maximum Gasteiger partial charge on any atom is 0.170 e. The minimum atomic E-state index is -0.188. The van der Waals surface area contributed by atoms with Gasteiger partial charge in [0.05, 0.1) is 11.9 Å². The Morgan fingerprint density at radius 3 is 2.39 bits per heavy atom. The van der Waals surface area contributed by atoms with E-state index in [4.69, 9.17) is 12.2 Å². The van der Waals surface area contributed by atoms with Crippen LogP contribution in [0, 0.1) is 17.7 Å². The number of nitrogens with one attached hydrogen (secondary N) is 2. The van der Waals surface area contributed by atoms with Gasteiger partial charge in [0.15, 0.2) is 5.11 Å². The molecular formula is C25H33FN4S. The minimum absolute atomic E-state index is 0.0171. The van der Waals surface area contributed by atoms with Gasteiger partial charge in [0.1, 0.15) is 11.6 Å². The molecule has 6 heteroatoms. The van der Waals surface area contributed by atoms with Crippen molar-refractivity contribution in [2.45, 2.75) is 51.4 Å². The lowest BCUT2D eigenvalue weighted by molar-refractivity contribution is 0.355. The number of anilines is 2. The molecule has 1 aliphatic heterocycles. The smallest absolute Gasteiger partial charge is 0.170 e. The van der Waals surface area contributed by atoms with Crippen LogP contribution in [-0.2, 0) is 5.41 Å². The predicted molar refractivity (Wildman–Crippen MR) is 130 cm³/mol. The quantitative estimate of drug-likeness (QED) is 0.601. The molecule has 2 atom stereocenters. The second-order valence-corrected chi connectivity index (χ2v) is 9.97. The number of pyridine rings is 1. The molecule has 2 fully saturated rings. The first-order chi connectivity index (χ1) is 14.9. The topological polar surface area (TPSA) is 40.2 Å². The normalized spacial score (nSPS) is 22.9. The van der Waals surface area contributed by atoms with Crippen LogP contribution in [0.25, 0.3) is 0 Å². The van der Waals surface area contributed by atoms with Crippen LogP contribution in [0.4, 0.5) is 15.9 Å². The Bertz CT molecular complexity index is 867. The molecule has 1 aliphatic carbocycles. The Kier molecular flexibility index (Phi) is 6.75. The monoisotopic (exact) mass is 440 g/mol. The summed E-state index contributed by atoms with van der Waals surface area (Å²) in [6.45, 7) is 7.50. The van der Waals surface area contributed by atoms with E-state index in [0.29, 0.717) is 16.9 Å². The van der Waals surface area contributed by atoms with Crippen LogP contribution in [0.3, 0.4) is 0 Å². The van der Waals surface area contributed by atoms with Crippen LogP contribution >= 0.6 is 12.2 Å². The van der Waals surface area contributed by atoms with Crippen molar-refractivity contribution >= 4 is 28.8 Å². The van der Waals surface area contributed by atoms with Crippen molar-refractivity contribution in [3.63, 3.8) is 0 Å². The number of hydrogen-bond acceptors (Lipinski definition) is 3. The number of rotatable bonds is 5. The summed E-state index contributed by atoms with van der Waals surface area (Å²) < 4.78 is 13.4. The molecule has 1 aromatic carbocycles. The number of benzene rings is 1. The average Bonchev–Trinajstić information content (AvgIpc) is 3.23. The van der Waals surface area contributed by atoms with E-state index in [1.165, 1.54) is 24.8 Å². The Hall–Kier alpha value is -2.21. The largest absolute Gasteiger partial charge is 0.362 e. The zero-order valence-corrected chi connectivity index (χ0v) is 19.4. The average molecular weight is 441 g/mol. The molecule has 0 amide bonds. The minimum Gasteiger partial charge on any atom is -0.362 e. The molecule has 2 heterocycles. The fraction of sp³-hybridized carbons (Fsp3) is 0.520. The number of halogens is 1. The second-order valence-electron chi connectivity index (χ2n) is 9.56. The van der Waals surface area contributed by atoms with Gasteiger partial charge in [-0.2, -0.15) is 0 Å². The van der Waals surface area contributed by atoms with Gasteiger partial charge in [0.2, 0.25) is 0 Å². The molecule has 1 saturated carbocycles.